The fraction of sp³-hybridized carbons (Fsp3) is 0.107. The van der Waals surface area contributed by atoms with Crippen molar-refractivity contribution < 1.29 is 18.7 Å². The number of esters is 1. The lowest BCUT2D eigenvalue weighted by molar-refractivity contribution is 0.0600. The molecule has 2 aromatic heterocycles. The Morgan fingerprint density at radius 3 is 2.55 bits per heavy atom. The SMILES string of the molecule is COC(=O)c1ccc2c(=O)n(Cc3ccc(Cl)cc3)c(SCC(=O)c3cc4ccccc4oc3=O)nc2c1. The van der Waals surface area contributed by atoms with Gasteiger partial charge in [-0.05, 0) is 48.0 Å². The number of thioether (sulfide) groups is 1. The maximum absolute atomic E-state index is 13.5. The van der Waals surface area contributed by atoms with Gasteiger partial charge < -0.3 is 9.15 Å². The van der Waals surface area contributed by atoms with Crippen LogP contribution in [0.2, 0.25) is 5.02 Å². The zero-order valence-corrected chi connectivity index (χ0v) is 21.5. The minimum atomic E-state index is -0.734. The molecule has 2 heterocycles. The molecule has 190 valence electrons. The monoisotopic (exact) mass is 546 g/mol. The highest BCUT2D eigenvalue weighted by molar-refractivity contribution is 7.99. The van der Waals surface area contributed by atoms with Gasteiger partial charge in [0.1, 0.15) is 11.1 Å². The number of rotatable bonds is 7. The van der Waals surface area contributed by atoms with Crippen LogP contribution in [0.15, 0.2) is 92.0 Å². The van der Waals surface area contributed by atoms with Crippen molar-refractivity contribution in [1.29, 1.82) is 0 Å². The zero-order chi connectivity index (χ0) is 26.8. The Morgan fingerprint density at radius 2 is 1.79 bits per heavy atom. The molecule has 0 saturated heterocycles. The van der Waals surface area contributed by atoms with Crippen LogP contribution in [-0.2, 0) is 11.3 Å². The Hall–Kier alpha value is -4.21. The van der Waals surface area contributed by atoms with Crippen LogP contribution in [-0.4, -0.2) is 34.2 Å². The summed E-state index contributed by atoms with van der Waals surface area (Å²) in [5, 5.41) is 1.73. The molecule has 0 unspecified atom stereocenters. The predicted molar refractivity (Wildman–Crippen MR) is 145 cm³/mol. The Kier molecular flexibility index (Phi) is 7.13. The minimum Gasteiger partial charge on any atom is -0.465 e. The third-order valence-electron chi connectivity index (χ3n) is 5.87. The fourth-order valence-corrected chi connectivity index (χ4v) is 4.94. The first-order chi connectivity index (χ1) is 18.3. The van der Waals surface area contributed by atoms with Gasteiger partial charge in [0.25, 0.3) is 5.56 Å². The van der Waals surface area contributed by atoms with Gasteiger partial charge >= 0.3 is 11.6 Å². The third-order valence-corrected chi connectivity index (χ3v) is 7.10. The molecule has 0 spiro atoms. The Labute approximate surface area is 224 Å². The molecule has 5 rings (SSSR count). The summed E-state index contributed by atoms with van der Waals surface area (Å²) in [7, 11) is 1.26. The normalized spacial score (nSPS) is 11.1. The molecule has 0 N–H and O–H groups in total. The van der Waals surface area contributed by atoms with E-state index in [1.165, 1.54) is 35.9 Å². The molecule has 0 aliphatic carbocycles. The van der Waals surface area contributed by atoms with Crippen LogP contribution in [0.5, 0.6) is 0 Å². The van der Waals surface area contributed by atoms with Crippen molar-refractivity contribution in [1.82, 2.24) is 9.55 Å². The maximum Gasteiger partial charge on any atom is 0.347 e. The molecule has 0 aliphatic rings. The first-order valence-corrected chi connectivity index (χ1v) is 12.8. The zero-order valence-electron chi connectivity index (χ0n) is 20.0. The summed E-state index contributed by atoms with van der Waals surface area (Å²) in [6, 6.07) is 19.9. The van der Waals surface area contributed by atoms with Gasteiger partial charge in [-0.2, -0.15) is 0 Å². The van der Waals surface area contributed by atoms with Gasteiger partial charge in [-0.15, -0.1) is 0 Å². The number of benzene rings is 3. The second-order valence-electron chi connectivity index (χ2n) is 8.33. The molecule has 5 aromatic rings. The third kappa shape index (κ3) is 5.11. The van der Waals surface area contributed by atoms with Gasteiger partial charge in [-0.1, -0.05) is 53.7 Å². The number of ether oxygens (including phenoxy) is 1. The molecular weight excluding hydrogens is 528 g/mol. The fourth-order valence-electron chi connectivity index (χ4n) is 3.93. The summed E-state index contributed by atoms with van der Waals surface area (Å²) in [4.78, 5) is 55.6. The molecule has 3 aromatic carbocycles. The van der Waals surface area contributed by atoms with E-state index in [0.717, 1.165) is 17.3 Å². The summed E-state index contributed by atoms with van der Waals surface area (Å²) in [6.45, 7) is 0.173. The lowest BCUT2D eigenvalue weighted by Gasteiger charge is -2.14. The molecule has 0 amide bonds. The molecule has 38 heavy (non-hydrogen) atoms. The van der Waals surface area contributed by atoms with Crippen molar-refractivity contribution in [2.24, 2.45) is 0 Å². The van der Waals surface area contributed by atoms with Gasteiger partial charge in [0.2, 0.25) is 0 Å². The van der Waals surface area contributed by atoms with E-state index in [9.17, 15) is 19.2 Å². The number of nitrogens with zero attached hydrogens (tertiary/aromatic N) is 2. The summed E-state index contributed by atoms with van der Waals surface area (Å²) >= 11 is 7.02. The molecule has 8 nitrogen and oxygen atoms in total. The van der Waals surface area contributed by atoms with E-state index in [2.05, 4.69) is 4.98 Å². The van der Waals surface area contributed by atoms with E-state index >= 15 is 0 Å². The standard InChI is InChI=1S/C28H19ClN2O6S/c1-36-26(34)18-8-11-20-22(13-18)30-28(31(25(20)33)14-16-6-9-19(29)10-7-16)38-15-23(32)21-12-17-4-2-3-5-24(17)37-27(21)35/h2-13H,14-15H2,1H3. The summed E-state index contributed by atoms with van der Waals surface area (Å²) < 4.78 is 11.5. The lowest BCUT2D eigenvalue weighted by Crippen LogP contribution is -2.25. The van der Waals surface area contributed by atoms with Crippen LogP contribution < -0.4 is 11.2 Å². The van der Waals surface area contributed by atoms with Crippen molar-refractivity contribution in [3.05, 3.63) is 115 Å². The van der Waals surface area contributed by atoms with E-state index in [0.29, 0.717) is 21.4 Å². The van der Waals surface area contributed by atoms with Crippen molar-refractivity contribution >= 4 is 57.0 Å². The number of Topliss-reactive ketones (excluding diaryl/α,β-unsaturated/α-hetero) is 1. The lowest BCUT2D eigenvalue weighted by atomic mass is 10.1. The number of hydrogen-bond donors (Lipinski definition) is 0. The second-order valence-corrected chi connectivity index (χ2v) is 9.71. The highest BCUT2D eigenvalue weighted by Crippen LogP contribution is 2.22. The van der Waals surface area contributed by atoms with E-state index in [4.69, 9.17) is 20.8 Å². The summed E-state index contributed by atoms with van der Waals surface area (Å²) in [6.07, 6.45) is 0. The van der Waals surface area contributed by atoms with E-state index in [1.807, 2.05) is 0 Å². The van der Waals surface area contributed by atoms with Gasteiger partial charge in [-0.3, -0.25) is 14.2 Å². The molecule has 0 radical (unpaired) electrons. The Morgan fingerprint density at radius 1 is 1.03 bits per heavy atom. The first kappa shape index (κ1) is 25.4. The smallest absolute Gasteiger partial charge is 0.347 e. The highest BCUT2D eigenvalue weighted by Gasteiger charge is 2.19. The van der Waals surface area contributed by atoms with Crippen molar-refractivity contribution in [3.8, 4) is 0 Å². The van der Waals surface area contributed by atoms with Crippen LogP contribution in [0.3, 0.4) is 0 Å². The van der Waals surface area contributed by atoms with Gasteiger partial charge in [0.05, 0.1) is 35.9 Å². The van der Waals surface area contributed by atoms with E-state index < -0.39 is 17.4 Å². The molecule has 0 fully saturated rings. The topological polar surface area (TPSA) is 108 Å². The number of carbonyl (C=O) groups is 2. The van der Waals surface area contributed by atoms with Crippen LogP contribution in [0, 0.1) is 0 Å². The molecule has 0 bridgehead atoms. The van der Waals surface area contributed by atoms with Crippen LogP contribution >= 0.6 is 23.4 Å². The molecule has 0 saturated carbocycles. The summed E-state index contributed by atoms with van der Waals surface area (Å²) in [5.74, 6) is -1.20. The van der Waals surface area contributed by atoms with E-state index in [-0.39, 0.29) is 39.7 Å². The number of halogens is 1. The average Bonchev–Trinajstić information content (AvgIpc) is 2.93. The van der Waals surface area contributed by atoms with E-state index in [1.54, 1.807) is 48.5 Å². The number of carbonyl (C=O) groups excluding carboxylic acids is 2. The Balaban J connectivity index is 1.54. The maximum atomic E-state index is 13.5. The quantitative estimate of drug-likeness (QED) is 0.0925. The molecule has 0 atom stereocenters. The van der Waals surface area contributed by atoms with Gasteiger partial charge in [0, 0.05) is 10.4 Å². The van der Waals surface area contributed by atoms with Gasteiger partial charge in [-0.25, -0.2) is 14.6 Å². The Bertz CT molecular complexity index is 1830. The van der Waals surface area contributed by atoms with Crippen molar-refractivity contribution in [2.45, 2.75) is 11.7 Å². The largest absolute Gasteiger partial charge is 0.465 e. The summed E-state index contributed by atoms with van der Waals surface area (Å²) in [5.41, 5.74) is 0.539. The van der Waals surface area contributed by atoms with Crippen molar-refractivity contribution in [2.75, 3.05) is 12.9 Å². The minimum absolute atomic E-state index is 0.0865. The second kappa shape index (κ2) is 10.6. The van der Waals surface area contributed by atoms with Crippen molar-refractivity contribution in [3.63, 3.8) is 0 Å². The number of methoxy groups -OCH3 is 1. The first-order valence-electron chi connectivity index (χ1n) is 11.4. The average molecular weight is 547 g/mol. The van der Waals surface area contributed by atoms with Crippen LogP contribution in [0.1, 0.15) is 26.3 Å². The molecule has 0 aliphatic heterocycles. The number of hydrogen-bond acceptors (Lipinski definition) is 8. The van der Waals surface area contributed by atoms with Gasteiger partial charge in [0.15, 0.2) is 10.9 Å². The molecular formula is C28H19ClN2O6S. The van der Waals surface area contributed by atoms with Crippen LogP contribution in [0.4, 0.5) is 0 Å². The van der Waals surface area contributed by atoms with Crippen LogP contribution in [0.25, 0.3) is 21.9 Å². The highest BCUT2D eigenvalue weighted by atomic mass is 35.5. The number of fused-ring (bicyclic) bond motifs is 2. The predicted octanol–water partition coefficient (Wildman–Crippen LogP) is 4.97. The number of aromatic nitrogens is 2. The number of ketones is 1. The molecule has 10 heteroatoms. The number of para-hydroxylation sites is 1.